The van der Waals surface area contributed by atoms with E-state index in [-0.39, 0.29) is 11.6 Å². The van der Waals surface area contributed by atoms with Crippen molar-refractivity contribution in [3.8, 4) is 0 Å². The van der Waals surface area contributed by atoms with Gasteiger partial charge in [0.2, 0.25) is 5.78 Å². The van der Waals surface area contributed by atoms with E-state index in [2.05, 4.69) is 10.3 Å². The Bertz CT molecular complexity index is 699. The molecule has 1 atom stereocenters. The maximum atomic E-state index is 12.0. The maximum Gasteiger partial charge on any atom is 0.203 e. The molecule has 2 aliphatic carbocycles. The number of allylic oxidation sites excluding steroid dienone is 5. The van der Waals surface area contributed by atoms with Crippen molar-refractivity contribution in [3.05, 3.63) is 58.5 Å². The van der Waals surface area contributed by atoms with Gasteiger partial charge in [0.15, 0.2) is 5.78 Å². The van der Waals surface area contributed by atoms with Crippen LogP contribution in [0.1, 0.15) is 0 Å². The molecule has 4 aliphatic rings. The fourth-order valence-electron chi connectivity index (χ4n) is 2.69. The molecule has 0 spiro atoms. The standard InChI is InChI=1S/C14H8N2O2/c17-10-3-1-2-8-12-9-6-15-5-7(9)4-11(18)14(12)16-13(8)10/h1-6,13,16H. The Morgan fingerprint density at radius 2 is 2.17 bits per heavy atom. The summed E-state index contributed by atoms with van der Waals surface area (Å²) in [4.78, 5) is 27.9. The minimum Gasteiger partial charge on any atom is -0.368 e. The van der Waals surface area contributed by atoms with Crippen molar-refractivity contribution >= 4 is 17.8 Å². The average Bonchev–Trinajstić information content (AvgIpc) is 2.93. The van der Waals surface area contributed by atoms with Crippen molar-refractivity contribution in [1.29, 1.82) is 0 Å². The Morgan fingerprint density at radius 1 is 1.28 bits per heavy atom. The van der Waals surface area contributed by atoms with E-state index in [1.54, 1.807) is 24.6 Å². The number of rotatable bonds is 0. The Hall–Kier alpha value is -2.49. The Labute approximate surface area is 103 Å². The van der Waals surface area contributed by atoms with E-state index in [1.807, 2.05) is 6.08 Å². The summed E-state index contributed by atoms with van der Waals surface area (Å²) < 4.78 is 0. The highest BCUT2D eigenvalue weighted by Gasteiger charge is 2.40. The first-order chi connectivity index (χ1) is 8.75. The number of carbonyl (C=O) groups excluding carboxylic acids is 2. The number of fused-ring (bicyclic) bond motifs is 4. The first-order valence-corrected chi connectivity index (χ1v) is 5.69. The van der Waals surface area contributed by atoms with Crippen LogP contribution in [0.5, 0.6) is 0 Å². The van der Waals surface area contributed by atoms with Gasteiger partial charge in [0.25, 0.3) is 0 Å². The van der Waals surface area contributed by atoms with Crippen LogP contribution in [0.25, 0.3) is 0 Å². The Morgan fingerprint density at radius 3 is 3.06 bits per heavy atom. The van der Waals surface area contributed by atoms with Gasteiger partial charge in [-0.2, -0.15) is 0 Å². The van der Waals surface area contributed by atoms with E-state index in [0.717, 1.165) is 22.3 Å². The lowest BCUT2D eigenvalue weighted by Crippen LogP contribution is -2.34. The summed E-state index contributed by atoms with van der Waals surface area (Å²) in [6.07, 6.45) is 10.1. The monoisotopic (exact) mass is 236 g/mol. The van der Waals surface area contributed by atoms with Crippen LogP contribution in [-0.4, -0.2) is 23.8 Å². The highest BCUT2D eigenvalue weighted by atomic mass is 16.1. The van der Waals surface area contributed by atoms with Crippen LogP contribution in [0.3, 0.4) is 0 Å². The molecule has 0 aromatic heterocycles. The Kier molecular flexibility index (Phi) is 1.61. The summed E-state index contributed by atoms with van der Waals surface area (Å²) in [5.41, 5.74) is 3.97. The van der Waals surface area contributed by atoms with Gasteiger partial charge in [-0.05, 0) is 17.7 Å². The van der Waals surface area contributed by atoms with Crippen molar-refractivity contribution < 1.29 is 9.59 Å². The fourth-order valence-corrected chi connectivity index (χ4v) is 2.69. The lowest BCUT2D eigenvalue weighted by molar-refractivity contribution is -0.115. The van der Waals surface area contributed by atoms with Gasteiger partial charge in [-0.1, -0.05) is 12.2 Å². The van der Waals surface area contributed by atoms with Gasteiger partial charge >= 0.3 is 0 Å². The molecule has 0 saturated carbocycles. The third-order valence-electron chi connectivity index (χ3n) is 3.49. The van der Waals surface area contributed by atoms with E-state index >= 15 is 0 Å². The zero-order valence-corrected chi connectivity index (χ0v) is 9.31. The zero-order chi connectivity index (χ0) is 12.3. The molecule has 0 bridgehead atoms. The van der Waals surface area contributed by atoms with Gasteiger partial charge in [0.05, 0.1) is 5.70 Å². The van der Waals surface area contributed by atoms with E-state index in [9.17, 15) is 9.59 Å². The van der Waals surface area contributed by atoms with E-state index in [0.29, 0.717) is 5.70 Å². The summed E-state index contributed by atoms with van der Waals surface area (Å²) in [5, 5.41) is 3.03. The second-order valence-electron chi connectivity index (χ2n) is 4.50. The van der Waals surface area contributed by atoms with Crippen LogP contribution >= 0.6 is 0 Å². The molecule has 2 aliphatic heterocycles. The van der Waals surface area contributed by atoms with E-state index in [4.69, 9.17) is 0 Å². The SMILES string of the molecule is O=C1C=C2C=NC=C2C2=C1NC1C(=O)C=CC=C21. The van der Waals surface area contributed by atoms with Crippen molar-refractivity contribution in [1.82, 2.24) is 5.32 Å². The first kappa shape index (κ1) is 9.53. The number of aliphatic imine (C=N–C) groups is 1. The molecular formula is C14H8N2O2. The summed E-state index contributed by atoms with van der Waals surface area (Å²) in [6, 6.07) is -0.418. The number of carbonyl (C=O) groups is 2. The van der Waals surface area contributed by atoms with E-state index in [1.165, 1.54) is 6.08 Å². The normalized spacial score (nSPS) is 27.3. The predicted octanol–water partition coefficient (Wildman–Crippen LogP) is 0.755. The third-order valence-corrected chi connectivity index (χ3v) is 3.49. The highest BCUT2D eigenvalue weighted by molar-refractivity contribution is 6.16. The quantitative estimate of drug-likeness (QED) is 0.675. The van der Waals surface area contributed by atoms with Crippen molar-refractivity contribution in [2.45, 2.75) is 6.04 Å². The number of ketones is 2. The molecule has 1 unspecified atom stereocenters. The molecule has 4 heteroatoms. The highest BCUT2D eigenvalue weighted by Crippen LogP contribution is 2.40. The summed E-state index contributed by atoms with van der Waals surface area (Å²) in [7, 11) is 0. The van der Waals surface area contributed by atoms with Gasteiger partial charge in [0, 0.05) is 29.1 Å². The summed E-state index contributed by atoms with van der Waals surface area (Å²) in [6.45, 7) is 0. The number of hydrogen-bond acceptors (Lipinski definition) is 4. The number of nitrogens with one attached hydrogen (secondary N) is 1. The second kappa shape index (κ2) is 3.04. The molecule has 18 heavy (non-hydrogen) atoms. The lowest BCUT2D eigenvalue weighted by atomic mass is 9.85. The zero-order valence-electron chi connectivity index (χ0n) is 9.31. The van der Waals surface area contributed by atoms with Crippen LogP contribution in [-0.2, 0) is 9.59 Å². The molecule has 1 N–H and O–H groups in total. The molecule has 86 valence electrons. The third kappa shape index (κ3) is 1.02. The topological polar surface area (TPSA) is 58.5 Å². The lowest BCUT2D eigenvalue weighted by Gasteiger charge is -2.15. The minimum atomic E-state index is -0.418. The van der Waals surface area contributed by atoms with Crippen LogP contribution in [0.15, 0.2) is 63.5 Å². The first-order valence-electron chi connectivity index (χ1n) is 5.69. The molecule has 2 heterocycles. The molecule has 0 radical (unpaired) electrons. The van der Waals surface area contributed by atoms with Crippen molar-refractivity contribution in [2.24, 2.45) is 4.99 Å². The van der Waals surface area contributed by atoms with Gasteiger partial charge in [-0.15, -0.1) is 0 Å². The second-order valence-corrected chi connectivity index (χ2v) is 4.50. The number of hydrogen-bond donors (Lipinski definition) is 1. The van der Waals surface area contributed by atoms with Crippen LogP contribution in [0, 0.1) is 0 Å². The van der Waals surface area contributed by atoms with Gasteiger partial charge < -0.3 is 5.32 Å². The molecule has 0 aromatic carbocycles. The number of nitrogens with zero attached hydrogens (tertiary/aromatic N) is 1. The van der Waals surface area contributed by atoms with Crippen LogP contribution < -0.4 is 5.32 Å². The van der Waals surface area contributed by atoms with Gasteiger partial charge in [-0.25, -0.2) is 0 Å². The van der Waals surface area contributed by atoms with Crippen LogP contribution in [0.4, 0.5) is 0 Å². The van der Waals surface area contributed by atoms with Gasteiger partial charge in [0.1, 0.15) is 6.04 Å². The van der Waals surface area contributed by atoms with Crippen LogP contribution in [0.2, 0.25) is 0 Å². The molecule has 0 fully saturated rings. The van der Waals surface area contributed by atoms with Gasteiger partial charge in [-0.3, -0.25) is 14.6 Å². The molecule has 0 aromatic rings. The molecule has 0 amide bonds. The molecular weight excluding hydrogens is 228 g/mol. The molecule has 4 nitrogen and oxygen atoms in total. The summed E-state index contributed by atoms with van der Waals surface area (Å²) in [5.74, 6) is -0.107. The van der Waals surface area contributed by atoms with E-state index < -0.39 is 6.04 Å². The maximum absolute atomic E-state index is 12.0. The minimum absolute atomic E-state index is 0.0178. The average molecular weight is 236 g/mol. The fraction of sp³-hybridized carbons (Fsp3) is 0.0714. The Balaban J connectivity index is 1.93. The predicted molar refractivity (Wildman–Crippen MR) is 65.8 cm³/mol. The summed E-state index contributed by atoms with van der Waals surface area (Å²) >= 11 is 0. The largest absolute Gasteiger partial charge is 0.368 e. The molecule has 0 saturated heterocycles. The molecule has 4 rings (SSSR count). The van der Waals surface area contributed by atoms with Crippen molar-refractivity contribution in [2.75, 3.05) is 0 Å². The van der Waals surface area contributed by atoms with Crippen molar-refractivity contribution in [3.63, 3.8) is 0 Å². The smallest absolute Gasteiger partial charge is 0.203 e.